The number of carbonyl (C=O) groups is 1. The summed E-state index contributed by atoms with van der Waals surface area (Å²) in [5.74, 6) is 0.970. The molecule has 2 aromatic rings. The number of aromatic nitrogens is 2. The lowest BCUT2D eigenvalue weighted by Crippen LogP contribution is -2.42. The van der Waals surface area contributed by atoms with Crippen LogP contribution < -0.4 is 15.5 Å². The minimum Gasteiger partial charge on any atom is -0.355 e. The molecule has 0 saturated carbocycles. The number of amides is 1. The van der Waals surface area contributed by atoms with Crippen molar-refractivity contribution in [1.29, 1.82) is 0 Å². The van der Waals surface area contributed by atoms with Gasteiger partial charge in [0.05, 0.1) is 6.54 Å². The molecule has 1 fully saturated rings. The van der Waals surface area contributed by atoms with Crippen LogP contribution in [0, 0.1) is 0 Å². The molecule has 2 N–H and O–H groups in total. The SMILES string of the molecule is O=C(CNC[C@@H]1CCCN1c1cccnn1)NCCc1cccs1. The first-order chi connectivity index (χ1) is 11.8. The van der Waals surface area contributed by atoms with E-state index in [-0.39, 0.29) is 5.91 Å². The summed E-state index contributed by atoms with van der Waals surface area (Å²) in [6.45, 7) is 2.83. The fraction of sp³-hybridized carbons (Fsp3) is 0.471. The van der Waals surface area contributed by atoms with Crippen LogP contribution in [0.15, 0.2) is 35.8 Å². The van der Waals surface area contributed by atoms with Gasteiger partial charge in [0.25, 0.3) is 0 Å². The van der Waals surface area contributed by atoms with Crippen LogP contribution in [-0.2, 0) is 11.2 Å². The summed E-state index contributed by atoms with van der Waals surface area (Å²) >= 11 is 1.72. The monoisotopic (exact) mass is 345 g/mol. The molecule has 7 heteroatoms. The van der Waals surface area contributed by atoms with Gasteiger partial charge >= 0.3 is 0 Å². The molecule has 1 saturated heterocycles. The molecule has 2 aromatic heterocycles. The Bertz CT molecular complexity index is 619. The molecule has 0 aromatic carbocycles. The van der Waals surface area contributed by atoms with Crippen LogP contribution in [0.3, 0.4) is 0 Å². The highest BCUT2D eigenvalue weighted by molar-refractivity contribution is 7.09. The summed E-state index contributed by atoms with van der Waals surface area (Å²) in [5.41, 5.74) is 0. The van der Waals surface area contributed by atoms with Crippen LogP contribution in [-0.4, -0.2) is 48.3 Å². The van der Waals surface area contributed by atoms with E-state index in [2.05, 4.69) is 37.2 Å². The van der Waals surface area contributed by atoms with Crippen molar-refractivity contribution in [2.75, 3.05) is 31.1 Å². The van der Waals surface area contributed by atoms with E-state index in [0.717, 1.165) is 38.2 Å². The molecule has 1 aliphatic rings. The van der Waals surface area contributed by atoms with E-state index < -0.39 is 0 Å². The summed E-state index contributed by atoms with van der Waals surface area (Å²) in [4.78, 5) is 15.5. The van der Waals surface area contributed by atoms with Gasteiger partial charge in [-0.1, -0.05) is 6.07 Å². The second-order valence-corrected chi connectivity index (χ2v) is 6.91. The molecule has 3 rings (SSSR count). The van der Waals surface area contributed by atoms with Gasteiger partial charge in [0.1, 0.15) is 0 Å². The standard InChI is InChI=1S/C17H23N5OS/c23-17(19-9-7-15-5-3-11-24-15)13-18-12-14-4-2-10-22(14)16-6-1-8-20-21-16/h1,3,5-6,8,11,14,18H,2,4,7,9-10,12-13H2,(H,19,23)/t14-/m0/s1. The average Bonchev–Trinajstić information content (AvgIpc) is 3.27. The number of thiophene rings is 1. The van der Waals surface area contributed by atoms with Crippen LogP contribution in [0.4, 0.5) is 5.82 Å². The summed E-state index contributed by atoms with van der Waals surface area (Å²) < 4.78 is 0. The van der Waals surface area contributed by atoms with Gasteiger partial charge in [0.15, 0.2) is 5.82 Å². The van der Waals surface area contributed by atoms with Crippen molar-refractivity contribution in [3.05, 3.63) is 40.7 Å². The van der Waals surface area contributed by atoms with Crippen molar-refractivity contribution >= 4 is 23.1 Å². The van der Waals surface area contributed by atoms with Crippen LogP contribution in [0.5, 0.6) is 0 Å². The molecule has 1 amide bonds. The number of rotatable bonds is 8. The first kappa shape index (κ1) is 16.9. The lowest BCUT2D eigenvalue weighted by Gasteiger charge is -2.25. The zero-order valence-corrected chi connectivity index (χ0v) is 14.5. The topological polar surface area (TPSA) is 70.2 Å². The van der Waals surface area contributed by atoms with Crippen molar-refractivity contribution in [2.24, 2.45) is 0 Å². The number of hydrogen-bond acceptors (Lipinski definition) is 6. The van der Waals surface area contributed by atoms with Gasteiger partial charge in [-0.25, -0.2) is 0 Å². The number of nitrogens with zero attached hydrogens (tertiary/aromatic N) is 3. The lowest BCUT2D eigenvalue weighted by atomic mass is 10.2. The van der Waals surface area contributed by atoms with E-state index in [1.54, 1.807) is 17.5 Å². The predicted octanol–water partition coefficient (Wildman–Crippen LogP) is 1.46. The number of anilines is 1. The normalized spacial score (nSPS) is 17.2. The Balaban J connectivity index is 1.35. The van der Waals surface area contributed by atoms with Gasteiger partial charge < -0.3 is 15.5 Å². The van der Waals surface area contributed by atoms with Crippen LogP contribution in [0.2, 0.25) is 0 Å². The van der Waals surface area contributed by atoms with E-state index in [4.69, 9.17) is 0 Å². The largest absolute Gasteiger partial charge is 0.355 e. The Morgan fingerprint density at radius 1 is 1.38 bits per heavy atom. The molecule has 128 valence electrons. The Kier molecular flexibility index (Phi) is 6.14. The van der Waals surface area contributed by atoms with E-state index in [0.29, 0.717) is 19.1 Å². The fourth-order valence-electron chi connectivity index (χ4n) is 2.99. The smallest absolute Gasteiger partial charge is 0.233 e. The average molecular weight is 345 g/mol. The van der Waals surface area contributed by atoms with E-state index in [1.807, 2.05) is 18.2 Å². The summed E-state index contributed by atoms with van der Waals surface area (Å²) in [5, 5.41) is 16.4. The highest BCUT2D eigenvalue weighted by atomic mass is 32.1. The number of nitrogens with one attached hydrogen (secondary N) is 2. The van der Waals surface area contributed by atoms with E-state index >= 15 is 0 Å². The van der Waals surface area contributed by atoms with Crippen molar-refractivity contribution in [3.8, 4) is 0 Å². The molecular weight excluding hydrogens is 322 g/mol. The van der Waals surface area contributed by atoms with E-state index in [1.165, 1.54) is 4.88 Å². The number of hydrogen-bond donors (Lipinski definition) is 2. The van der Waals surface area contributed by atoms with Gasteiger partial charge in [0.2, 0.25) is 5.91 Å². The molecule has 1 aliphatic heterocycles. The summed E-state index contributed by atoms with van der Waals surface area (Å²) in [6, 6.07) is 8.40. The van der Waals surface area contributed by atoms with Gasteiger partial charge in [0, 0.05) is 36.8 Å². The molecular formula is C17H23N5OS. The van der Waals surface area contributed by atoms with E-state index in [9.17, 15) is 4.79 Å². The third-order valence-electron chi connectivity index (χ3n) is 4.17. The molecule has 1 atom stereocenters. The Morgan fingerprint density at radius 3 is 3.12 bits per heavy atom. The maximum absolute atomic E-state index is 11.9. The molecule has 0 aliphatic carbocycles. The van der Waals surface area contributed by atoms with Gasteiger partial charge in [-0.05, 0) is 42.8 Å². The molecule has 0 radical (unpaired) electrons. The Morgan fingerprint density at radius 2 is 2.33 bits per heavy atom. The highest BCUT2D eigenvalue weighted by Gasteiger charge is 2.25. The molecule has 3 heterocycles. The molecule has 0 bridgehead atoms. The van der Waals surface area contributed by atoms with Crippen molar-refractivity contribution in [3.63, 3.8) is 0 Å². The quantitative estimate of drug-likeness (QED) is 0.758. The van der Waals surface area contributed by atoms with Crippen molar-refractivity contribution in [2.45, 2.75) is 25.3 Å². The van der Waals surface area contributed by atoms with Crippen molar-refractivity contribution in [1.82, 2.24) is 20.8 Å². The van der Waals surface area contributed by atoms with Crippen LogP contribution >= 0.6 is 11.3 Å². The van der Waals surface area contributed by atoms with Gasteiger partial charge in [-0.15, -0.1) is 16.4 Å². The maximum Gasteiger partial charge on any atom is 0.233 e. The van der Waals surface area contributed by atoms with Gasteiger partial charge in [-0.3, -0.25) is 4.79 Å². The zero-order chi connectivity index (χ0) is 16.6. The Labute approximate surface area is 146 Å². The molecule has 0 spiro atoms. The van der Waals surface area contributed by atoms with Crippen LogP contribution in [0.1, 0.15) is 17.7 Å². The van der Waals surface area contributed by atoms with Crippen LogP contribution in [0.25, 0.3) is 0 Å². The van der Waals surface area contributed by atoms with Gasteiger partial charge in [-0.2, -0.15) is 5.10 Å². The maximum atomic E-state index is 11.9. The highest BCUT2D eigenvalue weighted by Crippen LogP contribution is 2.22. The Hall–Kier alpha value is -1.99. The zero-order valence-electron chi connectivity index (χ0n) is 13.6. The summed E-state index contributed by atoms with van der Waals surface area (Å²) in [7, 11) is 0. The minimum atomic E-state index is 0.0515. The second kappa shape index (κ2) is 8.75. The predicted molar refractivity (Wildman–Crippen MR) is 96.3 cm³/mol. The molecule has 24 heavy (non-hydrogen) atoms. The van der Waals surface area contributed by atoms with Crippen molar-refractivity contribution < 1.29 is 4.79 Å². The fourth-order valence-corrected chi connectivity index (χ4v) is 3.70. The first-order valence-electron chi connectivity index (χ1n) is 8.37. The third kappa shape index (κ3) is 4.75. The second-order valence-electron chi connectivity index (χ2n) is 5.88. The summed E-state index contributed by atoms with van der Waals surface area (Å²) in [6.07, 6.45) is 4.85. The third-order valence-corrected chi connectivity index (χ3v) is 5.10. The lowest BCUT2D eigenvalue weighted by molar-refractivity contribution is -0.120. The molecule has 6 nitrogen and oxygen atoms in total. The molecule has 0 unspecified atom stereocenters. The number of carbonyl (C=O) groups excluding carboxylic acids is 1. The first-order valence-corrected chi connectivity index (χ1v) is 9.25. The minimum absolute atomic E-state index is 0.0515.